The zero-order chi connectivity index (χ0) is 16.8. The summed E-state index contributed by atoms with van der Waals surface area (Å²) in [5, 5.41) is 6.41. The largest absolute Gasteiger partial charge is 0.378 e. The lowest BCUT2D eigenvalue weighted by Crippen LogP contribution is -2.45. The topological polar surface area (TPSA) is 59.6 Å². The summed E-state index contributed by atoms with van der Waals surface area (Å²) in [5.41, 5.74) is 2.46. The van der Waals surface area contributed by atoms with E-state index in [1.54, 1.807) is 0 Å². The Balaban J connectivity index is 0.00000225. The van der Waals surface area contributed by atoms with Crippen LogP contribution in [0, 0.1) is 12.8 Å². The van der Waals surface area contributed by atoms with Gasteiger partial charge < -0.3 is 20.1 Å². The van der Waals surface area contributed by atoms with Gasteiger partial charge in [-0.3, -0.25) is 4.79 Å². The van der Waals surface area contributed by atoms with Crippen LogP contribution in [-0.2, 0) is 14.3 Å². The van der Waals surface area contributed by atoms with E-state index in [-0.39, 0.29) is 30.5 Å². The van der Waals surface area contributed by atoms with Gasteiger partial charge in [-0.05, 0) is 25.3 Å². The number of hydrogen-bond acceptors (Lipinski definition) is 4. The molecule has 2 heterocycles. The summed E-state index contributed by atoms with van der Waals surface area (Å²) in [6, 6.07) is 8.66. The number of amides is 1. The molecule has 1 amide bonds. The molecule has 0 spiro atoms. The molecule has 2 fully saturated rings. The van der Waals surface area contributed by atoms with Gasteiger partial charge >= 0.3 is 0 Å². The fourth-order valence-corrected chi connectivity index (χ4v) is 3.47. The fourth-order valence-electron chi connectivity index (χ4n) is 3.47. The maximum absolute atomic E-state index is 12.2. The lowest BCUT2D eigenvalue weighted by atomic mass is 9.89. The molecule has 25 heavy (non-hydrogen) atoms. The van der Waals surface area contributed by atoms with Gasteiger partial charge in [0.2, 0.25) is 5.91 Å². The first kappa shape index (κ1) is 20.2. The highest BCUT2D eigenvalue weighted by Crippen LogP contribution is 2.33. The van der Waals surface area contributed by atoms with Gasteiger partial charge in [-0.15, -0.1) is 12.4 Å². The summed E-state index contributed by atoms with van der Waals surface area (Å²) in [5.74, 6) is 0.423. The Bertz CT molecular complexity index is 532. The summed E-state index contributed by atoms with van der Waals surface area (Å²) >= 11 is 0. The van der Waals surface area contributed by atoms with Crippen molar-refractivity contribution in [3.05, 3.63) is 35.4 Å². The molecule has 5 nitrogen and oxygen atoms in total. The van der Waals surface area contributed by atoms with Crippen molar-refractivity contribution in [2.45, 2.75) is 38.3 Å². The quantitative estimate of drug-likeness (QED) is 0.837. The second kappa shape index (κ2) is 10.1. The van der Waals surface area contributed by atoms with Crippen molar-refractivity contribution in [2.24, 2.45) is 5.92 Å². The Kier molecular flexibility index (Phi) is 8.16. The number of nitrogens with one attached hydrogen (secondary N) is 2. The van der Waals surface area contributed by atoms with Crippen LogP contribution < -0.4 is 10.6 Å². The predicted molar refractivity (Wildman–Crippen MR) is 100 cm³/mol. The van der Waals surface area contributed by atoms with E-state index in [0.29, 0.717) is 25.5 Å². The van der Waals surface area contributed by atoms with Crippen LogP contribution >= 0.6 is 12.4 Å². The average Bonchev–Trinajstić information content (AvgIpc) is 2.62. The Morgan fingerprint density at radius 1 is 1.28 bits per heavy atom. The Morgan fingerprint density at radius 3 is 2.80 bits per heavy atom. The molecule has 3 unspecified atom stereocenters. The minimum atomic E-state index is 0. The molecule has 3 rings (SSSR count). The molecule has 3 atom stereocenters. The first-order chi connectivity index (χ1) is 11.7. The third kappa shape index (κ3) is 5.96. The number of rotatable bonds is 5. The third-order valence-corrected chi connectivity index (χ3v) is 4.84. The molecule has 0 aromatic heterocycles. The Labute approximate surface area is 156 Å². The van der Waals surface area contributed by atoms with Crippen LogP contribution in [0.1, 0.15) is 36.5 Å². The van der Waals surface area contributed by atoms with E-state index in [1.807, 2.05) is 0 Å². The normalized spacial score (nSPS) is 26.5. The van der Waals surface area contributed by atoms with Crippen LogP contribution in [-0.4, -0.2) is 44.9 Å². The minimum absolute atomic E-state index is 0. The van der Waals surface area contributed by atoms with Crippen molar-refractivity contribution in [1.82, 2.24) is 10.6 Å². The summed E-state index contributed by atoms with van der Waals surface area (Å²) in [6.45, 7) is 5.73. The van der Waals surface area contributed by atoms with Crippen molar-refractivity contribution in [3.63, 3.8) is 0 Å². The average molecular weight is 369 g/mol. The van der Waals surface area contributed by atoms with Gasteiger partial charge in [0.1, 0.15) is 0 Å². The van der Waals surface area contributed by atoms with Crippen molar-refractivity contribution < 1.29 is 14.3 Å². The van der Waals surface area contributed by atoms with Crippen molar-refractivity contribution >= 4 is 18.3 Å². The lowest BCUT2D eigenvalue weighted by Gasteiger charge is -2.32. The molecule has 140 valence electrons. The lowest BCUT2D eigenvalue weighted by molar-refractivity contribution is -0.123. The number of carbonyl (C=O) groups is 1. The minimum Gasteiger partial charge on any atom is -0.378 e. The van der Waals surface area contributed by atoms with Gasteiger partial charge in [0.15, 0.2) is 0 Å². The number of hydrogen-bond donors (Lipinski definition) is 2. The van der Waals surface area contributed by atoms with E-state index in [4.69, 9.17) is 9.47 Å². The van der Waals surface area contributed by atoms with Gasteiger partial charge in [0.25, 0.3) is 0 Å². The summed E-state index contributed by atoms with van der Waals surface area (Å²) in [4.78, 5) is 12.2. The highest BCUT2D eigenvalue weighted by Gasteiger charge is 2.28. The second-order valence-electron chi connectivity index (χ2n) is 6.84. The molecule has 2 N–H and O–H groups in total. The van der Waals surface area contributed by atoms with E-state index in [0.717, 1.165) is 32.6 Å². The number of benzene rings is 1. The van der Waals surface area contributed by atoms with Gasteiger partial charge in [0, 0.05) is 38.1 Å². The van der Waals surface area contributed by atoms with Crippen LogP contribution in [0.2, 0.25) is 0 Å². The summed E-state index contributed by atoms with van der Waals surface area (Å²) in [6.07, 6.45) is 2.70. The second-order valence-corrected chi connectivity index (χ2v) is 6.84. The van der Waals surface area contributed by atoms with Crippen molar-refractivity contribution in [2.75, 3.05) is 32.9 Å². The zero-order valence-electron chi connectivity index (χ0n) is 14.8. The maximum atomic E-state index is 12.2. The molecular weight excluding hydrogens is 340 g/mol. The van der Waals surface area contributed by atoms with Gasteiger partial charge in [-0.25, -0.2) is 0 Å². The van der Waals surface area contributed by atoms with Gasteiger partial charge in [-0.1, -0.05) is 29.8 Å². The van der Waals surface area contributed by atoms with Crippen LogP contribution in [0.15, 0.2) is 24.3 Å². The Hall–Kier alpha value is -1.14. The standard InChI is InChI=1S/C19H28N2O3.ClH/c1-14-4-6-15(7-5-14)19-16(3-2-9-24-19)12-21-18(22)11-17-13-23-10-8-20-17;/h4-7,16-17,19-20H,2-3,8-13H2,1H3,(H,21,22);1H. The van der Waals surface area contributed by atoms with Crippen molar-refractivity contribution in [1.29, 1.82) is 0 Å². The molecule has 0 saturated carbocycles. The molecule has 6 heteroatoms. The van der Waals surface area contributed by atoms with E-state index in [2.05, 4.69) is 41.8 Å². The molecule has 2 saturated heterocycles. The van der Waals surface area contributed by atoms with E-state index in [1.165, 1.54) is 11.1 Å². The van der Waals surface area contributed by atoms with E-state index >= 15 is 0 Å². The molecule has 1 aromatic carbocycles. The monoisotopic (exact) mass is 368 g/mol. The highest BCUT2D eigenvalue weighted by molar-refractivity contribution is 5.85. The van der Waals surface area contributed by atoms with Crippen LogP contribution in [0.5, 0.6) is 0 Å². The molecule has 0 radical (unpaired) electrons. The molecule has 1 aromatic rings. The fraction of sp³-hybridized carbons (Fsp3) is 0.632. The third-order valence-electron chi connectivity index (χ3n) is 4.84. The first-order valence-corrected chi connectivity index (χ1v) is 8.98. The SMILES string of the molecule is Cc1ccc(C2OCCCC2CNC(=O)CC2COCCN2)cc1.Cl. The summed E-state index contributed by atoms with van der Waals surface area (Å²) in [7, 11) is 0. The number of morpholine rings is 1. The van der Waals surface area contributed by atoms with Crippen LogP contribution in [0.25, 0.3) is 0 Å². The van der Waals surface area contributed by atoms with E-state index in [9.17, 15) is 4.79 Å². The maximum Gasteiger partial charge on any atom is 0.221 e. The van der Waals surface area contributed by atoms with Crippen molar-refractivity contribution in [3.8, 4) is 0 Å². The summed E-state index contributed by atoms with van der Waals surface area (Å²) < 4.78 is 11.4. The molecule has 2 aliphatic rings. The zero-order valence-corrected chi connectivity index (χ0v) is 15.6. The van der Waals surface area contributed by atoms with Crippen LogP contribution in [0.3, 0.4) is 0 Å². The number of aryl methyl sites for hydroxylation is 1. The number of halogens is 1. The number of carbonyl (C=O) groups excluding carboxylic acids is 1. The first-order valence-electron chi connectivity index (χ1n) is 8.98. The molecule has 2 aliphatic heterocycles. The van der Waals surface area contributed by atoms with Gasteiger partial charge in [-0.2, -0.15) is 0 Å². The van der Waals surface area contributed by atoms with Crippen LogP contribution in [0.4, 0.5) is 0 Å². The predicted octanol–water partition coefficient (Wildman–Crippen LogP) is 2.38. The Morgan fingerprint density at radius 2 is 2.08 bits per heavy atom. The number of ether oxygens (including phenoxy) is 2. The van der Waals surface area contributed by atoms with E-state index < -0.39 is 0 Å². The smallest absolute Gasteiger partial charge is 0.221 e. The molecule has 0 aliphatic carbocycles. The molecular formula is C19H29ClN2O3. The van der Waals surface area contributed by atoms with Gasteiger partial charge in [0.05, 0.1) is 19.3 Å². The highest BCUT2D eigenvalue weighted by atomic mass is 35.5. The molecule has 0 bridgehead atoms.